The van der Waals surface area contributed by atoms with Crippen LogP contribution in [-0.4, -0.2) is 30.1 Å². The van der Waals surface area contributed by atoms with Crippen molar-refractivity contribution in [3.05, 3.63) is 52.5 Å². The van der Waals surface area contributed by atoms with Crippen molar-refractivity contribution >= 4 is 22.9 Å². The van der Waals surface area contributed by atoms with E-state index in [-0.39, 0.29) is 5.91 Å². The molecule has 3 aromatic heterocycles. The van der Waals surface area contributed by atoms with Gasteiger partial charge in [0.1, 0.15) is 0 Å². The number of rotatable bonds is 4. The van der Waals surface area contributed by atoms with E-state index in [1.54, 1.807) is 36.7 Å². The molecule has 1 aliphatic heterocycles. The molecule has 3 aromatic rings. The van der Waals surface area contributed by atoms with Gasteiger partial charge in [-0.1, -0.05) is 0 Å². The van der Waals surface area contributed by atoms with Gasteiger partial charge in [-0.05, 0) is 29.6 Å². The molecule has 0 spiro atoms. The van der Waals surface area contributed by atoms with Gasteiger partial charge in [-0.25, -0.2) is 4.98 Å². The summed E-state index contributed by atoms with van der Waals surface area (Å²) in [5.41, 5.74) is 3.86. The number of fused-ring (bicyclic) bond motifs is 1. The smallest absolute Gasteiger partial charge is 0.260 e. The third kappa shape index (κ3) is 2.62. The number of aromatic nitrogens is 2. The van der Waals surface area contributed by atoms with Crippen LogP contribution in [0.1, 0.15) is 16.1 Å². The topological polar surface area (TPSA) is 64.5 Å². The molecule has 1 aliphatic rings. The molecule has 0 aliphatic carbocycles. The molecule has 6 nitrogen and oxygen atoms in total. The van der Waals surface area contributed by atoms with Crippen LogP contribution in [0.15, 0.2) is 41.2 Å². The molecule has 1 amide bonds. The van der Waals surface area contributed by atoms with Crippen LogP contribution in [0.3, 0.4) is 0 Å². The number of nitrogens with zero attached hydrogens (tertiary/aromatic N) is 3. The van der Waals surface area contributed by atoms with E-state index < -0.39 is 0 Å². The molecule has 7 heteroatoms. The molecule has 0 saturated heterocycles. The van der Waals surface area contributed by atoms with Gasteiger partial charge in [0.25, 0.3) is 11.8 Å². The molecule has 0 fully saturated rings. The predicted octanol–water partition coefficient (Wildman–Crippen LogP) is 3.38. The highest BCUT2D eigenvalue weighted by atomic mass is 32.1. The van der Waals surface area contributed by atoms with Crippen LogP contribution in [0.5, 0.6) is 11.6 Å². The summed E-state index contributed by atoms with van der Waals surface area (Å²) in [4.78, 5) is 23.2. The number of hydrogen-bond acceptors (Lipinski definition) is 6. The Kier molecular flexibility index (Phi) is 3.85. The minimum absolute atomic E-state index is 0.0158. The molecule has 0 aromatic carbocycles. The normalized spacial score (nSPS) is 13.0. The van der Waals surface area contributed by atoms with E-state index in [2.05, 4.69) is 9.97 Å². The molecule has 0 bridgehead atoms. The van der Waals surface area contributed by atoms with Crippen molar-refractivity contribution in [1.29, 1.82) is 0 Å². The third-order valence-corrected chi connectivity index (χ3v) is 4.77. The maximum atomic E-state index is 12.6. The van der Waals surface area contributed by atoms with Crippen molar-refractivity contribution in [3.8, 4) is 22.9 Å². The van der Waals surface area contributed by atoms with Crippen LogP contribution in [-0.2, 0) is 6.54 Å². The summed E-state index contributed by atoms with van der Waals surface area (Å²) in [6.45, 7) is 0.472. The zero-order chi connectivity index (χ0) is 17.4. The van der Waals surface area contributed by atoms with Gasteiger partial charge in [0.05, 0.1) is 43.4 Å². The van der Waals surface area contributed by atoms with Crippen LogP contribution in [0.2, 0.25) is 0 Å². The van der Waals surface area contributed by atoms with Crippen molar-refractivity contribution in [2.24, 2.45) is 0 Å². The van der Waals surface area contributed by atoms with Crippen molar-refractivity contribution in [2.45, 2.75) is 6.54 Å². The highest BCUT2D eigenvalue weighted by Gasteiger charge is 2.30. The SMILES string of the molecule is COc1cc(-c2ccc3c(n2)CN(c2ccsc2)C3=O)cnc1OC. The zero-order valence-corrected chi connectivity index (χ0v) is 14.5. The lowest BCUT2D eigenvalue weighted by molar-refractivity contribution is 0.0996. The van der Waals surface area contributed by atoms with Gasteiger partial charge in [-0.15, -0.1) is 0 Å². The molecule has 4 rings (SSSR count). The standard InChI is InChI=1S/C18H15N3O3S/c1-23-16-7-11(8-19-17(16)24-2)14-4-3-13-15(20-14)9-21(18(13)22)12-5-6-25-10-12/h3-8,10H,9H2,1-2H3. The lowest BCUT2D eigenvalue weighted by Gasteiger charge is -2.12. The first-order valence-corrected chi connectivity index (χ1v) is 8.58. The maximum Gasteiger partial charge on any atom is 0.260 e. The number of carbonyl (C=O) groups is 1. The predicted molar refractivity (Wildman–Crippen MR) is 95.4 cm³/mol. The van der Waals surface area contributed by atoms with Crippen molar-refractivity contribution in [2.75, 3.05) is 19.1 Å². The molecule has 4 heterocycles. The highest BCUT2D eigenvalue weighted by molar-refractivity contribution is 7.08. The van der Waals surface area contributed by atoms with Crippen LogP contribution in [0.4, 0.5) is 5.69 Å². The summed E-state index contributed by atoms with van der Waals surface area (Å²) in [5.74, 6) is 0.947. The average molecular weight is 353 g/mol. The quantitative estimate of drug-likeness (QED) is 0.719. The molecule has 126 valence electrons. The first kappa shape index (κ1) is 15.6. The second-order valence-corrected chi connectivity index (χ2v) is 6.28. The van der Waals surface area contributed by atoms with Gasteiger partial charge in [0.2, 0.25) is 0 Å². The van der Waals surface area contributed by atoms with Gasteiger partial charge < -0.3 is 14.4 Å². The molecule has 0 unspecified atom stereocenters. The highest BCUT2D eigenvalue weighted by Crippen LogP contribution is 2.32. The number of amides is 1. The van der Waals surface area contributed by atoms with Gasteiger partial charge in [-0.2, -0.15) is 11.3 Å². The number of anilines is 1. The Balaban J connectivity index is 1.70. The number of thiophene rings is 1. The van der Waals surface area contributed by atoms with E-state index in [4.69, 9.17) is 9.47 Å². The fourth-order valence-corrected chi connectivity index (χ4v) is 3.48. The van der Waals surface area contributed by atoms with Crippen LogP contribution in [0.25, 0.3) is 11.3 Å². The summed E-state index contributed by atoms with van der Waals surface area (Å²) >= 11 is 1.57. The van der Waals surface area contributed by atoms with Crippen LogP contribution < -0.4 is 14.4 Å². The molecule has 0 saturated carbocycles. The van der Waals surface area contributed by atoms with Gasteiger partial charge in [0, 0.05) is 17.1 Å². The summed E-state index contributed by atoms with van der Waals surface area (Å²) in [6.07, 6.45) is 1.68. The van der Waals surface area contributed by atoms with Crippen molar-refractivity contribution in [3.63, 3.8) is 0 Å². The van der Waals surface area contributed by atoms with Crippen LogP contribution >= 0.6 is 11.3 Å². The Bertz CT molecular complexity index is 941. The molecule has 0 atom stereocenters. The number of carbonyl (C=O) groups excluding carboxylic acids is 1. The molecule has 0 N–H and O–H groups in total. The van der Waals surface area contributed by atoms with E-state index in [1.165, 1.54) is 0 Å². The van der Waals surface area contributed by atoms with Crippen molar-refractivity contribution < 1.29 is 14.3 Å². The third-order valence-electron chi connectivity index (χ3n) is 4.10. The molecular weight excluding hydrogens is 338 g/mol. The number of ether oxygens (including phenoxy) is 2. The van der Waals surface area contributed by atoms with E-state index in [0.717, 1.165) is 22.6 Å². The Hall–Kier alpha value is -2.93. The largest absolute Gasteiger partial charge is 0.491 e. The fraction of sp³-hybridized carbons (Fsp3) is 0.167. The molecule has 25 heavy (non-hydrogen) atoms. The lowest BCUT2D eigenvalue weighted by atomic mass is 10.1. The second-order valence-electron chi connectivity index (χ2n) is 5.50. The lowest BCUT2D eigenvalue weighted by Crippen LogP contribution is -2.22. The summed E-state index contributed by atoms with van der Waals surface area (Å²) in [7, 11) is 3.11. The second kappa shape index (κ2) is 6.18. The first-order chi connectivity index (χ1) is 12.2. The number of pyridine rings is 2. The zero-order valence-electron chi connectivity index (χ0n) is 13.7. The monoisotopic (exact) mass is 353 g/mol. The molecule has 0 radical (unpaired) electrons. The summed E-state index contributed by atoms with van der Waals surface area (Å²) < 4.78 is 10.5. The minimum atomic E-state index is -0.0158. The Morgan fingerprint density at radius 2 is 2.08 bits per heavy atom. The minimum Gasteiger partial charge on any atom is -0.491 e. The van der Waals surface area contributed by atoms with E-state index in [0.29, 0.717) is 23.7 Å². The summed E-state index contributed by atoms with van der Waals surface area (Å²) in [5, 5.41) is 3.92. The Labute approximate surface area is 148 Å². The van der Waals surface area contributed by atoms with E-state index in [9.17, 15) is 4.79 Å². The van der Waals surface area contributed by atoms with Gasteiger partial charge >= 0.3 is 0 Å². The number of methoxy groups -OCH3 is 2. The Morgan fingerprint density at radius 1 is 1.20 bits per heavy atom. The van der Waals surface area contributed by atoms with Crippen LogP contribution in [0, 0.1) is 0 Å². The van der Waals surface area contributed by atoms with E-state index >= 15 is 0 Å². The average Bonchev–Trinajstić information content (AvgIpc) is 3.29. The van der Waals surface area contributed by atoms with Gasteiger partial charge in [-0.3, -0.25) is 9.78 Å². The van der Waals surface area contributed by atoms with Gasteiger partial charge in [0.15, 0.2) is 5.75 Å². The van der Waals surface area contributed by atoms with E-state index in [1.807, 2.05) is 35.0 Å². The first-order valence-electron chi connectivity index (χ1n) is 7.63. The number of hydrogen-bond donors (Lipinski definition) is 0. The fourth-order valence-electron chi connectivity index (χ4n) is 2.84. The van der Waals surface area contributed by atoms with Crippen molar-refractivity contribution in [1.82, 2.24) is 9.97 Å². The Morgan fingerprint density at radius 3 is 2.80 bits per heavy atom. The summed E-state index contributed by atoms with van der Waals surface area (Å²) in [6, 6.07) is 7.42. The maximum absolute atomic E-state index is 12.6. The molecular formula is C18H15N3O3S.